The molecule has 0 aliphatic carbocycles. The smallest absolute Gasteiger partial charge is 0.261 e. The van der Waals surface area contributed by atoms with Crippen molar-refractivity contribution in [2.45, 2.75) is 6.54 Å². The Morgan fingerprint density at radius 3 is 2.56 bits per heavy atom. The Bertz CT molecular complexity index is 1120. The number of furan rings is 1. The van der Waals surface area contributed by atoms with E-state index in [0.29, 0.717) is 22.7 Å². The van der Waals surface area contributed by atoms with E-state index in [1.807, 2.05) is 0 Å². The molecule has 9 heteroatoms. The third-order valence-electron chi connectivity index (χ3n) is 3.69. The molecule has 3 aromatic rings. The van der Waals surface area contributed by atoms with Crippen LogP contribution in [0.4, 0.5) is 5.69 Å². The second kappa shape index (κ2) is 7.50. The molecule has 0 atom stereocenters. The summed E-state index contributed by atoms with van der Waals surface area (Å²) in [7, 11) is -3.45. The molecule has 0 fully saturated rings. The summed E-state index contributed by atoms with van der Waals surface area (Å²) in [5.41, 5.74) is 0.786. The number of anilines is 1. The van der Waals surface area contributed by atoms with Gasteiger partial charge in [-0.2, -0.15) is 0 Å². The maximum atomic E-state index is 12.3. The highest BCUT2D eigenvalue weighted by Gasteiger charge is 2.13. The number of H-pyrrole nitrogens is 1. The number of hydrogen-bond donors (Lipinski definition) is 3. The summed E-state index contributed by atoms with van der Waals surface area (Å²) in [4.78, 5) is 27.1. The standard InChI is InChI=1S/C18H17N3O5S/c1-27(24,25)21-14-6-3-2-5-12(14)11-19-17(22)13-8-9-15(20-18(13)23)16-7-4-10-26-16/h2-10,21H,11H2,1H3,(H,19,22)(H,20,23). The van der Waals surface area contributed by atoms with Gasteiger partial charge < -0.3 is 14.7 Å². The van der Waals surface area contributed by atoms with Crippen LogP contribution in [0.3, 0.4) is 0 Å². The van der Waals surface area contributed by atoms with E-state index >= 15 is 0 Å². The minimum absolute atomic E-state index is 0.0525. The van der Waals surface area contributed by atoms with Gasteiger partial charge in [0.15, 0.2) is 0 Å². The molecular formula is C18H17N3O5S. The topological polar surface area (TPSA) is 121 Å². The number of rotatable bonds is 6. The quantitative estimate of drug-likeness (QED) is 0.597. The molecule has 3 rings (SSSR count). The highest BCUT2D eigenvalue weighted by atomic mass is 32.2. The van der Waals surface area contributed by atoms with Gasteiger partial charge in [-0.1, -0.05) is 18.2 Å². The molecule has 0 aliphatic rings. The summed E-state index contributed by atoms with van der Waals surface area (Å²) in [5.74, 6) is -0.0868. The van der Waals surface area contributed by atoms with Crippen LogP contribution in [0.15, 0.2) is 64.0 Å². The van der Waals surface area contributed by atoms with Gasteiger partial charge in [-0.05, 0) is 35.9 Å². The van der Waals surface area contributed by atoms with Crippen molar-refractivity contribution in [2.24, 2.45) is 0 Å². The van der Waals surface area contributed by atoms with E-state index in [2.05, 4.69) is 15.0 Å². The molecule has 1 aromatic carbocycles. The van der Waals surface area contributed by atoms with E-state index in [4.69, 9.17) is 4.42 Å². The van der Waals surface area contributed by atoms with E-state index < -0.39 is 21.5 Å². The number of para-hydroxylation sites is 1. The zero-order valence-corrected chi connectivity index (χ0v) is 15.2. The lowest BCUT2D eigenvalue weighted by Crippen LogP contribution is -2.29. The minimum Gasteiger partial charge on any atom is -0.463 e. The summed E-state index contributed by atoms with van der Waals surface area (Å²) in [6.45, 7) is 0.0525. The lowest BCUT2D eigenvalue weighted by atomic mass is 10.1. The first-order chi connectivity index (χ1) is 12.8. The monoisotopic (exact) mass is 387 g/mol. The maximum Gasteiger partial charge on any atom is 0.261 e. The zero-order valence-electron chi connectivity index (χ0n) is 14.4. The Morgan fingerprint density at radius 2 is 1.89 bits per heavy atom. The minimum atomic E-state index is -3.45. The SMILES string of the molecule is CS(=O)(=O)Nc1ccccc1CNC(=O)c1ccc(-c2ccco2)[nH]c1=O. The fraction of sp³-hybridized carbons (Fsp3) is 0.111. The lowest BCUT2D eigenvalue weighted by Gasteiger charge is -2.11. The van der Waals surface area contributed by atoms with Crippen molar-refractivity contribution in [2.75, 3.05) is 11.0 Å². The Morgan fingerprint density at radius 1 is 1.11 bits per heavy atom. The van der Waals surface area contributed by atoms with Crippen LogP contribution in [0.2, 0.25) is 0 Å². The highest BCUT2D eigenvalue weighted by molar-refractivity contribution is 7.92. The van der Waals surface area contributed by atoms with Gasteiger partial charge in [0.05, 0.1) is 23.9 Å². The van der Waals surface area contributed by atoms with E-state index in [9.17, 15) is 18.0 Å². The molecule has 0 saturated heterocycles. The number of aromatic amines is 1. The molecule has 140 valence electrons. The summed E-state index contributed by atoms with van der Waals surface area (Å²) in [6.07, 6.45) is 2.53. The fourth-order valence-corrected chi connectivity index (χ4v) is 3.07. The molecular weight excluding hydrogens is 370 g/mol. The van der Waals surface area contributed by atoms with E-state index in [0.717, 1.165) is 6.26 Å². The second-order valence-electron chi connectivity index (χ2n) is 5.81. The van der Waals surface area contributed by atoms with Crippen molar-refractivity contribution in [1.82, 2.24) is 10.3 Å². The van der Waals surface area contributed by atoms with E-state index in [1.165, 1.54) is 12.3 Å². The van der Waals surface area contributed by atoms with Crippen LogP contribution in [0, 0.1) is 0 Å². The van der Waals surface area contributed by atoms with E-state index in [-0.39, 0.29) is 12.1 Å². The first-order valence-electron chi connectivity index (χ1n) is 7.94. The molecule has 0 unspecified atom stereocenters. The van der Waals surface area contributed by atoms with E-state index in [1.54, 1.807) is 42.5 Å². The summed E-state index contributed by atoms with van der Waals surface area (Å²) in [5, 5.41) is 2.62. The first kappa shape index (κ1) is 18.5. The molecule has 0 bridgehead atoms. The molecule has 0 saturated carbocycles. The van der Waals surface area contributed by atoms with Crippen molar-refractivity contribution in [3.8, 4) is 11.5 Å². The normalized spacial score (nSPS) is 11.1. The molecule has 2 heterocycles. The highest BCUT2D eigenvalue weighted by Crippen LogP contribution is 2.17. The molecule has 2 aromatic heterocycles. The van der Waals surface area contributed by atoms with Gasteiger partial charge in [-0.25, -0.2) is 8.42 Å². The van der Waals surface area contributed by atoms with Crippen molar-refractivity contribution >= 4 is 21.6 Å². The number of carbonyl (C=O) groups is 1. The van der Waals surface area contributed by atoms with Gasteiger partial charge in [0.25, 0.3) is 11.5 Å². The predicted octanol–water partition coefficient (Wildman–Crippen LogP) is 1.94. The number of benzene rings is 1. The molecule has 27 heavy (non-hydrogen) atoms. The average Bonchev–Trinajstić information content (AvgIpc) is 3.14. The summed E-state index contributed by atoms with van der Waals surface area (Å²) < 4.78 is 30.5. The Kier molecular flexibility index (Phi) is 5.13. The third-order valence-corrected chi connectivity index (χ3v) is 4.28. The van der Waals surface area contributed by atoms with Crippen LogP contribution in [-0.4, -0.2) is 25.6 Å². The van der Waals surface area contributed by atoms with Crippen LogP contribution in [0.25, 0.3) is 11.5 Å². The summed E-state index contributed by atoms with van der Waals surface area (Å²) >= 11 is 0. The number of sulfonamides is 1. The Hall–Kier alpha value is -3.33. The number of nitrogens with one attached hydrogen (secondary N) is 3. The van der Waals surface area contributed by atoms with Crippen molar-refractivity contribution in [1.29, 1.82) is 0 Å². The van der Waals surface area contributed by atoms with Crippen LogP contribution >= 0.6 is 0 Å². The molecule has 3 N–H and O–H groups in total. The fourth-order valence-electron chi connectivity index (χ4n) is 2.47. The predicted molar refractivity (Wildman–Crippen MR) is 101 cm³/mol. The Labute approximate surface area is 155 Å². The van der Waals surface area contributed by atoms with Gasteiger partial charge in [0, 0.05) is 6.54 Å². The molecule has 0 radical (unpaired) electrons. The van der Waals surface area contributed by atoms with Crippen LogP contribution < -0.4 is 15.6 Å². The van der Waals surface area contributed by atoms with Gasteiger partial charge in [-0.15, -0.1) is 0 Å². The second-order valence-corrected chi connectivity index (χ2v) is 7.55. The van der Waals surface area contributed by atoms with Gasteiger partial charge in [-0.3, -0.25) is 14.3 Å². The van der Waals surface area contributed by atoms with Crippen molar-refractivity contribution in [3.05, 3.63) is 76.3 Å². The number of pyridine rings is 1. The molecule has 0 spiro atoms. The lowest BCUT2D eigenvalue weighted by molar-refractivity contribution is 0.0949. The summed E-state index contributed by atoms with van der Waals surface area (Å²) in [6, 6.07) is 13.0. The van der Waals surface area contributed by atoms with Crippen LogP contribution in [0.5, 0.6) is 0 Å². The van der Waals surface area contributed by atoms with Crippen LogP contribution in [-0.2, 0) is 16.6 Å². The van der Waals surface area contributed by atoms with Crippen molar-refractivity contribution in [3.63, 3.8) is 0 Å². The average molecular weight is 387 g/mol. The number of amides is 1. The molecule has 8 nitrogen and oxygen atoms in total. The zero-order chi connectivity index (χ0) is 19.4. The Balaban J connectivity index is 1.75. The number of carbonyl (C=O) groups excluding carboxylic acids is 1. The van der Waals surface area contributed by atoms with Gasteiger partial charge in [0.1, 0.15) is 11.3 Å². The molecule has 0 aliphatic heterocycles. The molecule has 1 amide bonds. The number of hydrogen-bond acceptors (Lipinski definition) is 5. The van der Waals surface area contributed by atoms with Gasteiger partial charge in [0.2, 0.25) is 10.0 Å². The maximum absolute atomic E-state index is 12.3. The third kappa shape index (κ3) is 4.64. The van der Waals surface area contributed by atoms with Gasteiger partial charge >= 0.3 is 0 Å². The van der Waals surface area contributed by atoms with Crippen LogP contribution in [0.1, 0.15) is 15.9 Å². The largest absolute Gasteiger partial charge is 0.463 e. The first-order valence-corrected chi connectivity index (χ1v) is 9.84. The number of aromatic nitrogens is 1. The van der Waals surface area contributed by atoms with Crippen molar-refractivity contribution < 1.29 is 17.6 Å².